The fraction of sp³-hybridized carbons (Fsp3) is 0.300. The molecule has 2 fully saturated rings. The Morgan fingerprint density at radius 2 is 1.97 bits per heavy atom. The van der Waals surface area contributed by atoms with E-state index < -0.39 is 0 Å². The number of likely N-dealkylation sites (tertiary alicyclic amines) is 1. The highest BCUT2D eigenvalue weighted by Crippen LogP contribution is 2.27. The molecule has 0 saturated carbocycles. The molecule has 148 valence electrons. The molecule has 1 aromatic carbocycles. The Hall–Kier alpha value is -3.62. The number of benzene rings is 1. The zero-order valence-corrected chi connectivity index (χ0v) is 15.9. The highest BCUT2D eigenvalue weighted by Gasteiger charge is 2.35. The molecule has 3 amide bonds. The van der Waals surface area contributed by atoms with E-state index in [1.807, 2.05) is 24.4 Å². The first-order valence-electron chi connectivity index (χ1n) is 9.49. The summed E-state index contributed by atoms with van der Waals surface area (Å²) in [7, 11) is 1.78. The number of anilines is 1. The van der Waals surface area contributed by atoms with Crippen molar-refractivity contribution in [3.8, 4) is 0 Å². The number of H-pyrrole nitrogens is 1. The van der Waals surface area contributed by atoms with E-state index >= 15 is 0 Å². The van der Waals surface area contributed by atoms with Crippen LogP contribution in [-0.2, 0) is 0 Å². The summed E-state index contributed by atoms with van der Waals surface area (Å²) in [5, 5.41) is 5.12. The van der Waals surface area contributed by atoms with Gasteiger partial charge in [0.15, 0.2) is 0 Å². The average molecular weight is 392 g/mol. The second-order valence-electron chi connectivity index (χ2n) is 7.49. The lowest BCUT2D eigenvalue weighted by Crippen LogP contribution is -2.51. The molecule has 4 heterocycles. The number of para-hydroxylation sites is 1. The van der Waals surface area contributed by atoms with E-state index in [1.54, 1.807) is 38.7 Å². The molecule has 1 N–H and O–H groups in total. The molecule has 0 atom stereocenters. The average Bonchev–Trinajstić information content (AvgIpc) is 3.27. The standard InChI is InChI=1S/C20H20N6O3/c1-23-6-7-25(20(23)29)13-9-21-26(12-13)14-10-24(11-14)19(28)16-8-18(27)22-17-5-3-2-4-15(16)17/h2-5,8-9,12,14H,6-7,10-11H2,1H3,(H,22,27). The summed E-state index contributed by atoms with van der Waals surface area (Å²) in [6.45, 7) is 2.36. The lowest BCUT2D eigenvalue weighted by molar-refractivity contribution is 0.0503. The van der Waals surface area contributed by atoms with Crippen molar-refractivity contribution >= 4 is 28.5 Å². The van der Waals surface area contributed by atoms with Crippen LogP contribution in [0.25, 0.3) is 10.9 Å². The predicted molar refractivity (Wildman–Crippen MR) is 107 cm³/mol. The number of pyridine rings is 1. The zero-order valence-electron chi connectivity index (χ0n) is 15.9. The van der Waals surface area contributed by atoms with Crippen LogP contribution in [0.1, 0.15) is 16.4 Å². The topological polar surface area (TPSA) is 94.5 Å². The number of likely N-dealkylation sites (N-methyl/N-ethyl adjacent to an activating group) is 1. The molecule has 3 aromatic rings. The van der Waals surface area contributed by atoms with Crippen LogP contribution in [0.5, 0.6) is 0 Å². The number of urea groups is 1. The Morgan fingerprint density at radius 1 is 1.17 bits per heavy atom. The number of carbonyl (C=O) groups is 2. The van der Waals surface area contributed by atoms with E-state index in [1.165, 1.54) is 6.07 Å². The summed E-state index contributed by atoms with van der Waals surface area (Å²) < 4.78 is 1.81. The van der Waals surface area contributed by atoms with Gasteiger partial charge >= 0.3 is 6.03 Å². The minimum atomic E-state index is -0.291. The number of aromatic amines is 1. The summed E-state index contributed by atoms with van der Waals surface area (Å²) in [6, 6.07) is 8.67. The van der Waals surface area contributed by atoms with Gasteiger partial charge in [-0.2, -0.15) is 5.10 Å². The normalized spacial score (nSPS) is 17.3. The third kappa shape index (κ3) is 2.86. The second kappa shape index (κ2) is 6.47. The molecule has 0 aliphatic carbocycles. The lowest BCUT2D eigenvalue weighted by Gasteiger charge is -2.39. The van der Waals surface area contributed by atoms with Crippen molar-refractivity contribution in [1.29, 1.82) is 0 Å². The Morgan fingerprint density at radius 3 is 2.72 bits per heavy atom. The third-order valence-corrected chi connectivity index (χ3v) is 5.62. The molecule has 0 spiro atoms. The van der Waals surface area contributed by atoms with Gasteiger partial charge < -0.3 is 14.8 Å². The maximum atomic E-state index is 12.9. The summed E-state index contributed by atoms with van der Waals surface area (Å²) in [4.78, 5) is 44.8. The van der Waals surface area contributed by atoms with Crippen LogP contribution in [0.4, 0.5) is 10.5 Å². The molecule has 2 aliphatic rings. The van der Waals surface area contributed by atoms with Crippen LogP contribution in [0, 0.1) is 0 Å². The van der Waals surface area contributed by atoms with Gasteiger partial charge in [0.25, 0.3) is 5.91 Å². The van der Waals surface area contributed by atoms with Crippen molar-refractivity contribution in [3.63, 3.8) is 0 Å². The van der Waals surface area contributed by atoms with E-state index in [0.717, 1.165) is 11.1 Å². The van der Waals surface area contributed by atoms with Crippen LogP contribution in [0.3, 0.4) is 0 Å². The van der Waals surface area contributed by atoms with Crippen molar-refractivity contribution < 1.29 is 9.59 Å². The number of amides is 3. The number of rotatable bonds is 3. The van der Waals surface area contributed by atoms with E-state index in [4.69, 9.17) is 0 Å². The summed E-state index contributed by atoms with van der Waals surface area (Å²) in [5.41, 5.74) is 1.54. The first kappa shape index (κ1) is 17.5. The molecular weight excluding hydrogens is 372 g/mol. The van der Waals surface area contributed by atoms with Crippen LogP contribution < -0.4 is 10.5 Å². The molecule has 29 heavy (non-hydrogen) atoms. The minimum absolute atomic E-state index is 0.0314. The number of aromatic nitrogens is 3. The maximum absolute atomic E-state index is 12.9. The highest BCUT2D eigenvalue weighted by atomic mass is 16.2. The van der Waals surface area contributed by atoms with Crippen LogP contribution in [-0.4, -0.2) is 69.7 Å². The Balaban J connectivity index is 1.31. The van der Waals surface area contributed by atoms with Gasteiger partial charge in [0.2, 0.25) is 5.56 Å². The molecule has 0 radical (unpaired) electrons. The highest BCUT2D eigenvalue weighted by molar-refractivity contribution is 6.06. The molecular formula is C20H20N6O3. The van der Waals surface area contributed by atoms with Crippen LogP contribution in [0.2, 0.25) is 0 Å². The molecule has 9 nitrogen and oxygen atoms in total. The van der Waals surface area contributed by atoms with Crippen molar-refractivity contribution in [1.82, 2.24) is 24.6 Å². The fourth-order valence-electron chi connectivity index (χ4n) is 3.89. The fourth-order valence-corrected chi connectivity index (χ4v) is 3.89. The number of nitrogens with one attached hydrogen (secondary N) is 1. The molecule has 9 heteroatoms. The summed E-state index contributed by atoms with van der Waals surface area (Å²) in [6.07, 6.45) is 3.54. The number of nitrogens with zero attached hydrogens (tertiary/aromatic N) is 5. The smallest absolute Gasteiger partial charge is 0.324 e. The molecule has 2 aromatic heterocycles. The maximum Gasteiger partial charge on any atom is 0.324 e. The van der Waals surface area contributed by atoms with Gasteiger partial charge in [-0.15, -0.1) is 0 Å². The predicted octanol–water partition coefficient (Wildman–Crippen LogP) is 1.29. The van der Waals surface area contributed by atoms with Gasteiger partial charge in [0.1, 0.15) is 0 Å². The lowest BCUT2D eigenvalue weighted by atomic mass is 10.0. The Bertz CT molecular complexity index is 1180. The molecule has 2 saturated heterocycles. The zero-order chi connectivity index (χ0) is 20.1. The monoisotopic (exact) mass is 392 g/mol. The number of fused-ring (bicyclic) bond motifs is 1. The number of carbonyl (C=O) groups excluding carboxylic acids is 2. The van der Waals surface area contributed by atoms with E-state index in [2.05, 4.69) is 10.1 Å². The first-order valence-corrected chi connectivity index (χ1v) is 9.49. The van der Waals surface area contributed by atoms with E-state index in [0.29, 0.717) is 37.3 Å². The first-order chi connectivity index (χ1) is 14.0. The molecule has 5 rings (SSSR count). The van der Waals surface area contributed by atoms with Crippen molar-refractivity contribution in [2.45, 2.75) is 6.04 Å². The molecule has 0 bridgehead atoms. The second-order valence-corrected chi connectivity index (χ2v) is 7.49. The van der Waals surface area contributed by atoms with Gasteiger partial charge in [-0.25, -0.2) is 4.79 Å². The Labute approximate surface area is 166 Å². The van der Waals surface area contributed by atoms with Gasteiger partial charge in [-0.1, -0.05) is 18.2 Å². The molecule has 2 aliphatic heterocycles. The van der Waals surface area contributed by atoms with Crippen molar-refractivity contribution in [2.24, 2.45) is 0 Å². The van der Waals surface area contributed by atoms with Crippen molar-refractivity contribution in [2.75, 3.05) is 38.1 Å². The van der Waals surface area contributed by atoms with Gasteiger partial charge in [0.05, 0.1) is 23.5 Å². The van der Waals surface area contributed by atoms with Gasteiger partial charge in [0, 0.05) is 56.4 Å². The van der Waals surface area contributed by atoms with Gasteiger partial charge in [-0.3, -0.25) is 19.2 Å². The van der Waals surface area contributed by atoms with E-state index in [9.17, 15) is 14.4 Å². The minimum Gasteiger partial charge on any atom is -0.334 e. The number of hydrogen-bond acceptors (Lipinski definition) is 4. The summed E-state index contributed by atoms with van der Waals surface area (Å²) >= 11 is 0. The van der Waals surface area contributed by atoms with Crippen molar-refractivity contribution in [3.05, 3.63) is 58.6 Å². The largest absolute Gasteiger partial charge is 0.334 e. The van der Waals surface area contributed by atoms with Crippen LogP contribution >= 0.6 is 0 Å². The Kier molecular flexibility index (Phi) is 3.90. The third-order valence-electron chi connectivity index (χ3n) is 5.62. The van der Waals surface area contributed by atoms with E-state index in [-0.39, 0.29) is 23.5 Å². The quantitative estimate of drug-likeness (QED) is 0.727. The van der Waals surface area contributed by atoms with Gasteiger partial charge in [-0.05, 0) is 6.07 Å². The van der Waals surface area contributed by atoms with Crippen LogP contribution in [0.15, 0.2) is 47.5 Å². The number of hydrogen-bond donors (Lipinski definition) is 1. The molecule has 0 unspecified atom stereocenters. The SMILES string of the molecule is CN1CCN(c2cnn(C3CN(C(=O)c4cc(=O)[nH]c5ccccc45)C3)c2)C1=O. The summed E-state index contributed by atoms with van der Waals surface area (Å²) in [5.74, 6) is -0.160.